The molecule has 2 saturated heterocycles. The number of nitrogens with zero attached hydrogens (tertiary/aromatic N) is 1. The number of thiazole rings is 1. The number of rotatable bonds is 3. The summed E-state index contributed by atoms with van der Waals surface area (Å²) < 4.78 is 7.70. The zero-order valence-corrected chi connectivity index (χ0v) is 15.7. The number of aryl methyl sites for hydroxylation is 1. The Morgan fingerprint density at radius 2 is 1.91 bits per heavy atom. The molecule has 0 unspecified atom stereocenters. The van der Waals surface area contributed by atoms with E-state index in [2.05, 4.69) is 59.8 Å². The predicted octanol–water partition coefficient (Wildman–Crippen LogP) is 5.34. The lowest BCUT2D eigenvalue weighted by molar-refractivity contribution is -0.179. The molecule has 0 radical (unpaired) electrons. The van der Waals surface area contributed by atoms with Crippen LogP contribution in [0.2, 0.25) is 0 Å². The summed E-state index contributed by atoms with van der Waals surface area (Å²) in [6.45, 7) is 3.03. The lowest BCUT2D eigenvalue weighted by atomic mass is 9.66. The Labute approximate surface area is 149 Å². The Bertz CT molecular complexity index is 657. The molecule has 22 heavy (non-hydrogen) atoms. The van der Waals surface area contributed by atoms with Crippen LogP contribution in [0.5, 0.6) is 0 Å². The van der Waals surface area contributed by atoms with E-state index < -0.39 is 0 Å². The van der Waals surface area contributed by atoms with E-state index in [1.807, 2.05) is 11.3 Å². The van der Waals surface area contributed by atoms with Gasteiger partial charge in [-0.15, -0.1) is 11.3 Å². The van der Waals surface area contributed by atoms with Crippen molar-refractivity contribution < 1.29 is 4.74 Å². The van der Waals surface area contributed by atoms with Crippen LogP contribution in [-0.4, -0.2) is 16.0 Å². The van der Waals surface area contributed by atoms with Gasteiger partial charge in [-0.3, -0.25) is 0 Å². The van der Waals surface area contributed by atoms with E-state index in [0.717, 1.165) is 30.2 Å². The Morgan fingerprint density at radius 1 is 1.18 bits per heavy atom. The van der Waals surface area contributed by atoms with Crippen molar-refractivity contribution in [2.45, 2.75) is 38.2 Å². The van der Waals surface area contributed by atoms with Gasteiger partial charge in [0.15, 0.2) is 0 Å². The second-order valence-corrected chi connectivity index (χ2v) is 8.66. The highest BCUT2D eigenvalue weighted by atomic mass is 127. The highest BCUT2D eigenvalue weighted by Gasteiger charge is 2.51. The maximum absolute atomic E-state index is 6.49. The van der Waals surface area contributed by atoms with Crippen LogP contribution in [0, 0.1) is 12.3 Å². The highest BCUT2D eigenvalue weighted by Crippen LogP contribution is 2.56. The van der Waals surface area contributed by atoms with Gasteiger partial charge in [0, 0.05) is 15.4 Å². The van der Waals surface area contributed by atoms with Gasteiger partial charge < -0.3 is 4.74 Å². The number of ether oxygens (including phenoxy) is 1. The maximum Gasteiger partial charge on any atom is 0.105 e. The van der Waals surface area contributed by atoms with Crippen molar-refractivity contribution in [2.75, 3.05) is 11.0 Å². The van der Waals surface area contributed by atoms with Gasteiger partial charge in [0.05, 0.1) is 22.2 Å². The minimum Gasteiger partial charge on any atom is -0.369 e. The number of hydrogen-bond acceptors (Lipinski definition) is 3. The van der Waals surface area contributed by atoms with Crippen LogP contribution in [0.1, 0.15) is 35.6 Å². The normalized spacial score (nSPS) is 30.6. The van der Waals surface area contributed by atoms with Gasteiger partial charge in [-0.2, -0.15) is 0 Å². The van der Waals surface area contributed by atoms with Gasteiger partial charge in [0.25, 0.3) is 0 Å². The van der Waals surface area contributed by atoms with Crippen LogP contribution in [0.25, 0.3) is 11.3 Å². The van der Waals surface area contributed by atoms with Crippen LogP contribution in [0.4, 0.5) is 0 Å². The molecular weight excluding hydrogens is 405 g/mol. The molecule has 0 amide bonds. The van der Waals surface area contributed by atoms with E-state index in [9.17, 15) is 0 Å². The van der Waals surface area contributed by atoms with Crippen LogP contribution in [0.15, 0.2) is 30.3 Å². The summed E-state index contributed by atoms with van der Waals surface area (Å²) in [5.41, 5.74) is 2.72. The standard InChI is InChI=1S/C18H20INOS/c1-13-20-15(14-5-3-2-4-6-14)16(22-13)18-9-7-17(11-19,8-10-18)12-21-18/h2-6H,7-12H2,1H3. The summed E-state index contributed by atoms with van der Waals surface area (Å²) in [6.07, 6.45) is 4.89. The molecule has 1 aliphatic carbocycles. The lowest BCUT2D eigenvalue weighted by Gasteiger charge is -2.52. The molecule has 3 aliphatic rings. The van der Waals surface area contributed by atoms with Gasteiger partial charge in [-0.05, 0) is 32.6 Å². The third-order valence-electron chi connectivity index (χ3n) is 5.25. The second-order valence-electron chi connectivity index (χ2n) is 6.69. The third kappa shape index (κ3) is 2.34. The van der Waals surface area contributed by atoms with Crippen molar-refractivity contribution in [1.29, 1.82) is 0 Å². The van der Waals surface area contributed by atoms with Crippen molar-refractivity contribution in [3.63, 3.8) is 0 Å². The topological polar surface area (TPSA) is 22.1 Å². The predicted molar refractivity (Wildman–Crippen MR) is 99.7 cm³/mol. The monoisotopic (exact) mass is 425 g/mol. The number of aromatic nitrogens is 1. The summed E-state index contributed by atoms with van der Waals surface area (Å²) in [5.74, 6) is 0. The molecule has 2 bridgehead atoms. The van der Waals surface area contributed by atoms with Crippen molar-refractivity contribution in [3.8, 4) is 11.3 Å². The quantitative estimate of drug-likeness (QED) is 0.489. The van der Waals surface area contributed by atoms with Crippen molar-refractivity contribution in [3.05, 3.63) is 40.2 Å². The molecule has 116 valence electrons. The van der Waals surface area contributed by atoms with E-state index in [1.54, 1.807) is 0 Å². The molecule has 2 aliphatic heterocycles. The van der Waals surface area contributed by atoms with Crippen LogP contribution in [0.3, 0.4) is 0 Å². The number of benzene rings is 1. The molecule has 1 aromatic carbocycles. The third-order valence-corrected chi connectivity index (χ3v) is 8.03. The first-order valence-corrected chi connectivity index (χ1v) is 10.2. The van der Waals surface area contributed by atoms with E-state index >= 15 is 0 Å². The minimum absolute atomic E-state index is 0.0787. The molecule has 2 nitrogen and oxygen atoms in total. The number of halogens is 1. The Kier molecular flexibility index (Phi) is 3.82. The summed E-state index contributed by atoms with van der Waals surface area (Å²) in [7, 11) is 0. The molecular formula is C18H20INOS. The Morgan fingerprint density at radius 3 is 2.50 bits per heavy atom. The number of hydrogen-bond donors (Lipinski definition) is 0. The molecule has 3 heterocycles. The first-order chi connectivity index (χ1) is 10.7. The molecule has 2 aromatic rings. The summed E-state index contributed by atoms with van der Waals surface area (Å²) in [6, 6.07) is 10.6. The summed E-state index contributed by atoms with van der Waals surface area (Å²) in [5, 5.41) is 1.14. The largest absolute Gasteiger partial charge is 0.369 e. The van der Waals surface area contributed by atoms with E-state index in [1.165, 1.54) is 27.7 Å². The molecule has 1 saturated carbocycles. The van der Waals surface area contributed by atoms with Gasteiger partial charge in [0.1, 0.15) is 5.60 Å². The van der Waals surface area contributed by atoms with Gasteiger partial charge in [-0.1, -0.05) is 52.9 Å². The average Bonchev–Trinajstić information content (AvgIpc) is 3.00. The maximum atomic E-state index is 6.49. The molecule has 0 atom stereocenters. The smallest absolute Gasteiger partial charge is 0.105 e. The summed E-state index contributed by atoms with van der Waals surface area (Å²) in [4.78, 5) is 6.20. The van der Waals surface area contributed by atoms with E-state index in [0.29, 0.717) is 5.41 Å². The molecule has 1 aromatic heterocycles. The van der Waals surface area contributed by atoms with E-state index in [4.69, 9.17) is 9.72 Å². The van der Waals surface area contributed by atoms with Gasteiger partial charge in [0.2, 0.25) is 0 Å². The Hall–Kier alpha value is -0.460. The second kappa shape index (κ2) is 5.56. The zero-order valence-electron chi connectivity index (χ0n) is 12.8. The van der Waals surface area contributed by atoms with E-state index in [-0.39, 0.29) is 5.60 Å². The highest BCUT2D eigenvalue weighted by molar-refractivity contribution is 14.1. The van der Waals surface area contributed by atoms with Gasteiger partial charge in [-0.25, -0.2) is 4.98 Å². The fraction of sp³-hybridized carbons (Fsp3) is 0.500. The molecule has 4 heteroatoms. The molecule has 0 N–H and O–H groups in total. The van der Waals surface area contributed by atoms with Crippen LogP contribution < -0.4 is 0 Å². The lowest BCUT2D eigenvalue weighted by Crippen LogP contribution is -2.49. The molecule has 5 rings (SSSR count). The molecule has 3 fully saturated rings. The van der Waals surface area contributed by atoms with Crippen molar-refractivity contribution in [2.24, 2.45) is 5.41 Å². The zero-order chi connectivity index (χ0) is 15.2. The average molecular weight is 425 g/mol. The van der Waals surface area contributed by atoms with Crippen molar-refractivity contribution >= 4 is 33.9 Å². The number of fused-ring (bicyclic) bond motifs is 3. The SMILES string of the molecule is Cc1nc(-c2ccccc2)c(C23CCC(CI)(CC2)CO3)s1. The van der Waals surface area contributed by atoms with Crippen LogP contribution in [-0.2, 0) is 10.3 Å². The molecule has 0 spiro atoms. The number of alkyl halides is 1. The fourth-order valence-electron chi connectivity index (χ4n) is 3.76. The Balaban J connectivity index is 1.75. The first-order valence-electron chi connectivity index (χ1n) is 7.90. The first kappa shape index (κ1) is 15.1. The minimum atomic E-state index is -0.0787. The van der Waals surface area contributed by atoms with Crippen molar-refractivity contribution in [1.82, 2.24) is 4.98 Å². The van der Waals surface area contributed by atoms with Gasteiger partial charge >= 0.3 is 0 Å². The fourth-order valence-corrected chi connectivity index (χ4v) is 5.88. The summed E-state index contributed by atoms with van der Waals surface area (Å²) >= 11 is 4.37. The van der Waals surface area contributed by atoms with Crippen LogP contribution >= 0.6 is 33.9 Å².